The maximum absolute atomic E-state index is 13.1. The molecule has 8 nitrogen and oxygen atoms in total. The highest BCUT2D eigenvalue weighted by Gasteiger charge is 2.27. The summed E-state index contributed by atoms with van der Waals surface area (Å²) >= 11 is 0. The Hall–Kier alpha value is -3.21. The number of anilines is 2. The van der Waals surface area contributed by atoms with Crippen LogP contribution in [0.25, 0.3) is 0 Å². The summed E-state index contributed by atoms with van der Waals surface area (Å²) in [6.07, 6.45) is 2.66. The molecule has 2 N–H and O–H groups in total. The SMILES string of the molecule is Cc1ccc(NS(=O)(=O)c2ccc(NC(=O)c3cc(S(=O)(=O)N4CCCCC4)ccc3C)cc2)c(C)c1. The number of aryl methyl sites for hydroxylation is 3. The van der Waals surface area contributed by atoms with Crippen LogP contribution >= 0.6 is 0 Å². The van der Waals surface area contributed by atoms with Gasteiger partial charge in [0.15, 0.2) is 0 Å². The molecule has 1 heterocycles. The summed E-state index contributed by atoms with van der Waals surface area (Å²) in [6, 6.07) is 15.8. The van der Waals surface area contributed by atoms with Gasteiger partial charge >= 0.3 is 0 Å². The molecule has 0 unspecified atom stereocenters. The summed E-state index contributed by atoms with van der Waals surface area (Å²) in [7, 11) is -7.50. The molecule has 0 radical (unpaired) electrons. The molecular formula is C27H31N3O5S2. The van der Waals surface area contributed by atoms with Crippen LogP contribution in [0, 0.1) is 20.8 Å². The number of nitrogens with one attached hydrogen (secondary N) is 2. The van der Waals surface area contributed by atoms with Crippen molar-refractivity contribution >= 4 is 37.3 Å². The third-order valence-electron chi connectivity index (χ3n) is 6.46. The molecule has 0 aliphatic carbocycles. The van der Waals surface area contributed by atoms with Crippen molar-refractivity contribution in [3.05, 3.63) is 82.9 Å². The summed E-state index contributed by atoms with van der Waals surface area (Å²) < 4.78 is 55.9. The van der Waals surface area contributed by atoms with Gasteiger partial charge in [-0.05, 0) is 87.2 Å². The Morgan fingerprint density at radius 3 is 2.05 bits per heavy atom. The molecule has 10 heteroatoms. The fourth-order valence-electron chi connectivity index (χ4n) is 4.31. The Morgan fingerprint density at radius 1 is 0.757 bits per heavy atom. The van der Waals surface area contributed by atoms with Crippen LogP contribution in [0.5, 0.6) is 0 Å². The zero-order valence-electron chi connectivity index (χ0n) is 21.1. The predicted molar refractivity (Wildman–Crippen MR) is 145 cm³/mol. The fraction of sp³-hybridized carbons (Fsp3) is 0.296. The topological polar surface area (TPSA) is 113 Å². The molecule has 3 aromatic rings. The van der Waals surface area contributed by atoms with Crippen LogP contribution in [-0.4, -0.2) is 40.1 Å². The second kappa shape index (κ2) is 10.6. The number of hydrogen-bond donors (Lipinski definition) is 2. The quantitative estimate of drug-likeness (QED) is 0.445. The second-order valence-electron chi connectivity index (χ2n) is 9.34. The number of hydrogen-bond acceptors (Lipinski definition) is 5. The van der Waals surface area contributed by atoms with Crippen molar-refractivity contribution in [2.75, 3.05) is 23.1 Å². The molecule has 0 saturated carbocycles. The van der Waals surface area contributed by atoms with Gasteiger partial charge in [-0.1, -0.05) is 30.2 Å². The number of rotatable bonds is 7. The first-order chi connectivity index (χ1) is 17.5. The van der Waals surface area contributed by atoms with Gasteiger partial charge in [0.2, 0.25) is 10.0 Å². The monoisotopic (exact) mass is 541 g/mol. The van der Waals surface area contributed by atoms with E-state index in [1.165, 1.54) is 40.7 Å². The van der Waals surface area contributed by atoms with Crippen LogP contribution < -0.4 is 10.0 Å². The van der Waals surface area contributed by atoms with Gasteiger partial charge in [-0.25, -0.2) is 16.8 Å². The fourth-order valence-corrected chi connectivity index (χ4v) is 6.98. The van der Waals surface area contributed by atoms with Gasteiger partial charge in [0, 0.05) is 24.3 Å². The van der Waals surface area contributed by atoms with E-state index >= 15 is 0 Å². The highest BCUT2D eigenvalue weighted by Crippen LogP contribution is 2.25. The Labute approximate surface area is 218 Å². The van der Waals surface area contributed by atoms with E-state index in [2.05, 4.69) is 10.0 Å². The molecule has 1 amide bonds. The standard InChI is InChI=1S/C27H31N3O5S2/c1-19-7-14-26(21(3)17-19)29-36(32,33)23-12-9-22(10-13-23)28-27(31)25-18-24(11-8-20(25)2)37(34,35)30-15-5-4-6-16-30/h7-14,17-18,29H,4-6,15-16H2,1-3H3,(H,28,31). The number of amides is 1. The van der Waals surface area contributed by atoms with Crippen LogP contribution in [0.15, 0.2) is 70.5 Å². The zero-order chi connectivity index (χ0) is 26.8. The zero-order valence-corrected chi connectivity index (χ0v) is 22.7. The van der Waals surface area contributed by atoms with Gasteiger partial charge < -0.3 is 5.32 Å². The van der Waals surface area contributed by atoms with Gasteiger partial charge in [-0.15, -0.1) is 0 Å². The van der Waals surface area contributed by atoms with Crippen LogP contribution in [0.3, 0.4) is 0 Å². The van der Waals surface area contributed by atoms with Crippen LogP contribution in [0.1, 0.15) is 46.3 Å². The van der Waals surface area contributed by atoms with Crippen LogP contribution in [0.2, 0.25) is 0 Å². The molecule has 1 saturated heterocycles. The van der Waals surface area contributed by atoms with Crippen molar-refractivity contribution in [2.24, 2.45) is 0 Å². The largest absolute Gasteiger partial charge is 0.322 e. The molecule has 0 aromatic heterocycles. The molecule has 0 spiro atoms. The Morgan fingerprint density at radius 2 is 1.41 bits per heavy atom. The Kier molecular flexibility index (Phi) is 7.72. The molecule has 1 aliphatic rings. The number of carbonyl (C=O) groups is 1. The average molecular weight is 542 g/mol. The van der Waals surface area contributed by atoms with Crippen molar-refractivity contribution in [1.29, 1.82) is 0 Å². The van der Waals surface area contributed by atoms with E-state index in [0.29, 0.717) is 30.0 Å². The van der Waals surface area contributed by atoms with Crippen molar-refractivity contribution in [1.82, 2.24) is 4.31 Å². The van der Waals surface area contributed by atoms with Crippen molar-refractivity contribution in [3.8, 4) is 0 Å². The molecule has 196 valence electrons. The minimum Gasteiger partial charge on any atom is -0.322 e. The van der Waals surface area contributed by atoms with Gasteiger partial charge in [0.25, 0.3) is 15.9 Å². The molecule has 1 fully saturated rings. The molecular weight excluding hydrogens is 510 g/mol. The molecule has 4 rings (SSSR count). The molecule has 0 atom stereocenters. The highest BCUT2D eigenvalue weighted by atomic mass is 32.2. The van der Waals surface area contributed by atoms with Gasteiger partial charge in [0.05, 0.1) is 15.5 Å². The average Bonchev–Trinajstić information content (AvgIpc) is 2.86. The van der Waals surface area contributed by atoms with Crippen LogP contribution in [0.4, 0.5) is 11.4 Å². The maximum atomic E-state index is 13.1. The van der Waals surface area contributed by atoms with Crippen LogP contribution in [-0.2, 0) is 20.0 Å². The molecule has 1 aliphatic heterocycles. The van der Waals surface area contributed by atoms with E-state index in [0.717, 1.165) is 30.4 Å². The normalized spacial score (nSPS) is 14.8. The first-order valence-corrected chi connectivity index (χ1v) is 15.0. The van der Waals surface area contributed by atoms with Crippen molar-refractivity contribution in [3.63, 3.8) is 0 Å². The number of piperidine rings is 1. The van der Waals surface area contributed by atoms with E-state index in [9.17, 15) is 21.6 Å². The van der Waals surface area contributed by atoms with E-state index in [1.807, 2.05) is 26.0 Å². The summed E-state index contributed by atoms with van der Waals surface area (Å²) in [6.45, 7) is 6.46. The van der Waals surface area contributed by atoms with E-state index in [-0.39, 0.29) is 15.4 Å². The van der Waals surface area contributed by atoms with Gasteiger partial charge in [0.1, 0.15) is 0 Å². The third kappa shape index (κ3) is 6.03. The second-order valence-corrected chi connectivity index (χ2v) is 13.0. The van der Waals surface area contributed by atoms with E-state index < -0.39 is 26.0 Å². The molecule has 3 aromatic carbocycles. The summed E-state index contributed by atoms with van der Waals surface area (Å²) in [5.74, 6) is -0.475. The first kappa shape index (κ1) is 26.8. The molecule has 37 heavy (non-hydrogen) atoms. The highest BCUT2D eigenvalue weighted by molar-refractivity contribution is 7.92. The lowest BCUT2D eigenvalue weighted by Crippen LogP contribution is -2.35. The minimum absolute atomic E-state index is 0.0521. The van der Waals surface area contributed by atoms with E-state index in [4.69, 9.17) is 0 Å². The number of sulfonamides is 2. The van der Waals surface area contributed by atoms with E-state index in [1.54, 1.807) is 19.1 Å². The Balaban J connectivity index is 1.50. The third-order valence-corrected chi connectivity index (χ3v) is 9.73. The Bertz CT molecular complexity index is 1530. The van der Waals surface area contributed by atoms with Crippen molar-refractivity contribution < 1.29 is 21.6 Å². The number of carbonyl (C=O) groups excluding carboxylic acids is 1. The summed E-state index contributed by atoms with van der Waals surface area (Å²) in [5.41, 5.74) is 3.60. The predicted octanol–water partition coefficient (Wildman–Crippen LogP) is 4.84. The number of nitrogens with zero attached hydrogens (tertiary/aromatic N) is 1. The lowest BCUT2D eigenvalue weighted by Gasteiger charge is -2.26. The van der Waals surface area contributed by atoms with Gasteiger partial charge in [-0.2, -0.15) is 4.31 Å². The first-order valence-electron chi connectivity index (χ1n) is 12.1. The molecule has 0 bridgehead atoms. The van der Waals surface area contributed by atoms with Crippen molar-refractivity contribution in [2.45, 2.75) is 49.8 Å². The lowest BCUT2D eigenvalue weighted by molar-refractivity contribution is 0.102. The minimum atomic E-state index is -3.82. The van der Waals surface area contributed by atoms with Gasteiger partial charge in [-0.3, -0.25) is 9.52 Å². The summed E-state index contributed by atoms with van der Waals surface area (Å²) in [4.78, 5) is 13.2. The maximum Gasteiger partial charge on any atom is 0.261 e. The number of benzene rings is 3. The summed E-state index contributed by atoms with van der Waals surface area (Å²) in [5, 5.41) is 2.74. The lowest BCUT2D eigenvalue weighted by atomic mass is 10.1. The smallest absolute Gasteiger partial charge is 0.261 e.